The van der Waals surface area contributed by atoms with Crippen LogP contribution in [0.4, 0.5) is 0 Å². The molecule has 1 aliphatic carbocycles. The summed E-state index contributed by atoms with van der Waals surface area (Å²) in [4.78, 5) is 4.71. The van der Waals surface area contributed by atoms with Crippen LogP contribution in [-0.4, -0.2) is 6.61 Å². The highest BCUT2D eigenvalue weighted by molar-refractivity contribution is 9.10. The lowest BCUT2D eigenvalue weighted by atomic mass is 10.0. The van der Waals surface area contributed by atoms with Crippen molar-refractivity contribution in [2.45, 2.75) is 25.2 Å². The van der Waals surface area contributed by atoms with Crippen molar-refractivity contribution in [3.63, 3.8) is 0 Å². The predicted octanol–water partition coefficient (Wildman–Crippen LogP) is 2.27. The Bertz CT molecular complexity index is 317. The highest BCUT2D eigenvalue weighted by atomic mass is 79.9. The van der Waals surface area contributed by atoms with Crippen LogP contribution in [0.3, 0.4) is 0 Å². The molecule has 0 aromatic carbocycles. The molecule has 0 aliphatic heterocycles. The maximum atomic E-state index is 5.58. The van der Waals surface area contributed by atoms with Gasteiger partial charge in [-0.3, -0.25) is 0 Å². The smallest absolute Gasteiger partial charge is 0.169 e. The number of rotatable bonds is 3. The molecular weight excluding hydrogens is 234 g/mol. The van der Waals surface area contributed by atoms with Crippen LogP contribution in [0.5, 0.6) is 0 Å². The van der Waals surface area contributed by atoms with Crippen molar-refractivity contribution in [3.05, 3.63) is 22.1 Å². The average Bonchev–Trinajstić information content (AvgIpc) is 2.74. The van der Waals surface area contributed by atoms with Crippen molar-refractivity contribution in [3.8, 4) is 0 Å². The number of furan rings is 1. The summed E-state index contributed by atoms with van der Waals surface area (Å²) in [6.07, 6.45) is 2.20. The fourth-order valence-electron chi connectivity index (χ4n) is 1.72. The summed E-state index contributed by atoms with van der Waals surface area (Å²) in [5.74, 6) is 6.11. The van der Waals surface area contributed by atoms with Gasteiger partial charge in [-0.05, 0) is 47.3 Å². The monoisotopic (exact) mass is 245 g/mol. The van der Waals surface area contributed by atoms with E-state index in [4.69, 9.17) is 15.2 Å². The highest BCUT2D eigenvalue weighted by Crippen LogP contribution is 2.50. The molecule has 72 valence electrons. The van der Waals surface area contributed by atoms with Gasteiger partial charge in [-0.2, -0.15) is 0 Å². The van der Waals surface area contributed by atoms with E-state index in [-0.39, 0.29) is 5.41 Å². The Kier molecular flexibility index (Phi) is 2.21. The first-order valence-corrected chi connectivity index (χ1v) is 5.05. The van der Waals surface area contributed by atoms with Crippen molar-refractivity contribution >= 4 is 15.9 Å². The Morgan fingerprint density at radius 1 is 1.69 bits per heavy atom. The van der Waals surface area contributed by atoms with Gasteiger partial charge in [0.05, 0.1) is 12.0 Å². The Morgan fingerprint density at radius 3 is 2.77 bits per heavy atom. The second kappa shape index (κ2) is 3.12. The lowest BCUT2D eigenvalue weighted by Gasteiger charge is -2.10. The molecule has 0 radical (unpaired) electrons. The van der Waals surface area contributed by atoms with Crippen LogP contribution in [0.15, 0.2) is 15.2 Å². The van der Waals surface area contributed by atoms with Crippen molar-refractivity contribution < 1.29 is 9.25 Å². The fraction of sp³-hybridized carbons (Fsp3) is 0.556. The molecule has 0 bridgehead atoms. The molecule has 1 heterocycles. The third kappa shape index (κ3) is 1.54. The first-order valence-electron chi connectivity index (χ1n) is 4.26. The summed E-state index contributed by atoms with van der Waals surface area (Å²) < 4.78 is 6.36. The third-order valence-electron chi connectivity index (χ3n) is 2.58. The Morgan fingerprint density at radius 2 is 2.38 bits per heavy atom. The lowest BCUT2D eigenvalue weighted by molar-refractivity contribution is 0.109. The van der Waals surface area contributed by atoms with Crippen LogP contribution in [0.2, 0.25) is 0 Å². The minimum absolute atomic E-state index is 0.0604. The van der Waals surface area contributed by atoms with Crippen LogP contribution in [0.1, 0.15) is 24.2 Å². The summed E-state index contributed by atoms with van der Waals surface area (Å²) in [6, 6.07) is 1.98. The van der Waals surface area contributed by atoms with E-state index < -0.39 is 0 Å². The number of aryl methyl sites for hydroxylation is 1. The van der Waals surface area contributed by atoms with Gasteiger partial charge in [0.15, 0.2) is 4.67 Å². The van der Waals surface area contributed by atoms with E-state index in [1.165, 1.54) is 5.56 Å². The van der Waals surface area contributed by atoms with Crippen molar-refractivity contribution in [1.82, 2.24) is 0 Å². The van der Waals surface area contributed by atoms with Crippen LogP contribution in [0.25, 0.3) is 0 Å². The molecule has 2 rings (SSSR count). The van der Waals surface area contributed by atoms with Crippen LogP contribution in [0, 0.1) is 6.92 Å². The van der Waals surface area contributed by atoms with Crippen molar-refractivity contribution in [2.24, 2.45) is 5.90 Å². The minimum atomic E-state index is 0.0604. The second-order valence-electron chi connectivity index (χ2n) is 3.65. The average molecular weight is 246 g/mol. The summed E-state index contributed by atoms with van der Waals surface area (Å²) >= 11 is 3.32. The van der Waals surface area contributed by atoms with Gasteiger partial charge >= 0.3 is 0 Å². The highest BCUT2D eigenvalue weighted by Gasteiger charge is 2.48. The van der Waals surface area contributed by atoms with Gasteiger partial charge in [-0.25, -0.2) is 5.90 Å². The van der Waals surface area contributed by atoms with Crippen molar-refractivity contribution in [2.75, 3.05) is 6.61 Å². The lowest BCUT2D eigenvalue weighted by Crippen LogP contribution is -2.18. The van der Waals surface area contributed by atoms with Gasteiger partial charge in [0.1, 0.15) is 5.76 Å². The molecule has 1 aromatic rings. The Labute approximate surface area is 85.3 Å². The molecule has 1 fully saturated rings. The molecular formula is C9H12BrNO2. The molecule has 0 atom stereocenters. The maximum Gasteiger partial charge on any atom is 0.169 e. The number of hydrogen-bond donors (Lipinski definition) is 1. The molecule has 3 nitrogen and oxygen atoms in total. The number of halogens is 1. The Hall–Kier alpha value is -0.320. The summed E-state index contributed by atoms with van der Waals surface area (Å²) in [5, 5.41) is 0. The van der Waals surface area contributed by atoms with Gasteiger partial charge in [-0.1, -0.05) is 0 Å². The van der Waals surface area contributed by atoms with Gasteiger partial charge in [0.25, 0.3) is 0 Å². The zero-order chi connectivity index (χ0) is 9.47. The first kappa shape index (κ1) is 9.24. The third-order valence-corrected chi connectivity index (χ3v) is 2.97. The standard InChI is InChI=1S/C9H12BrNO2/c1-6-4-7(10)13-8(6)9(2-3-9)5-12-11/h4H,2-3,5,11H2,1H3. The molecule has 0 saturated heterocycles. The Balaban J connectivity index is 2.29. The molecule has 1 saturated carbocycles. The van der Waals surface area contributed by atoms with E-state index in [1.54, 1.807) is 0 Å². The largest absolute Gasteiger partial charge is 0.453 e. The second-order valence-corrected chi connectivity index (χ2v) is 4.44. The zero-order valence-corrected chi connectivity index (χ0v) is 9.06. The molecule has 0 amide bonds. The molecule has 1 aromatic heterocycles. The van der Waals surface area contributed by atoms with E-state index >= 15 is 0 Å². The van der Waals surface area contributed by atoms with E-state index in [2.05, 4.69) is 15.9 Å². The van der Waals surface area contributed by atoms with Gasteiger partial charge < -0.3 is 9.25 Å². The molecule has 1 aliphatic rings. The van der Waals surface area contributed by atoms with E-state index in [0.29, 0.717) is 6.61 Å². The fourth-order valence-corrected chi connectivity index (χ4v) is 2.22. The molecule has 0 unspecified atom stereocenters. The quantitative estimate of drug-likeness (QED) is 0.832. The first-order chi connectivity index (χ1) is 6.18. The maximum absolute atomic E-state index is 5.58. The molecule has 4 heteroatoms. The summed E-state index contributed by atoms with van der Waals surface area (Å²) in [6.45, 7) is 2.59. The van der Waals surface area contributed by atoms with Crippen LogP contribution in [-0.2, 0) is 10.3 Å². The van der Waals surface area contributed by atoms with E-state index in [0.717, 1.165) is 23.3 Å². The summed E-state index contributed by atoms with van der Waals surface area (Å²) in [5.41, 5.74) is 1.23. The van der Waals surface area contributed by atoms with Crippen LogP contribution < -0.4 is 5.90 Å². The SMILES string of the molecule is Cc1cc(Br)oc1C1(CON)CC1. The van der Waals surface area contributed by atoms with E-state index in [1.807, 2.05) is 13.0 Å². The minimum Gasteiger partial charge on any atom is -0.453 e. The van der Waals surface area contributed by atoms with Gasteiger partial charge in [0.2, 0.25) is 0 Å². The zero-order valence-electron chi connectivity index (χ0n) is 7.47. The van der Waals surface area contributed by atoms with Gasteiger partial charge in [0, 0.05) is 0 Å². The van der Waals surface area contributed by atoms with Crippen LogP contribution >= 0.6 is 15.9 Å². The topological polar surface area (TPSA) is 48.4 Å². The number of hydrogen-bond acceptors (Lipinski definition) is 3. The van der Waals surface area contributed by atoms with Gasteiger partial charge in [-0.15, -0.1) is 0 Å². The summed E-state index contributed by atoms with van der Waals surface area (Å²) in [7, 11) is 0. The molecule has 0 spiro atoms. The molecule has 2 N–H and O–H groups in total. The number of nitrogens with two attached hydrogens (primary N) is 1. The van der Waals surface area contributed by atoms with Crippen molar-refractivity contribution in [1.29, 1.82) is 0 Å². The van der Waals surface area contributed by atoms with E-state index in [9.17, 15) is 0 Å². The normalized spacial score (nSPS) is 19.0. The molecule has 13 heavy (non-hydrogen) atoms. The predicted molar refractivity (Wildman–Crippen MR) is 52.2 cm³/mol.